The second-order valence-corrected chi connectivity index (χ2v) is 7.06. The van der Waals surface area contributed by atoms with Gasteiger partial charge >= 0.3 is 0 Å². The minimum absolute atomic E-state index is 0.151. The Kier molecular flexibility index (Phi) is 2.78. The number of fused-ring (bicyclic) bond motifs is 5. The van der Waals surface area contributed by atoms with E-state index < -0.39 is 0 Å². The second-order valence-electron chi connectivity index (χ2n) is 7.06. The highest BCUT2D eigenvalue weighted by Crippen LogP contribution is 2.52. The molecular weight excluding hydrogens is 256 g/mol. The first-order chi connectivity index (χ1) is 9.28. The van der Waals surface area contributed by atoms with E-state index in [2.05, 4.69) is 17.5 Å². The first kappa shape index (κ1) is 13.3. The van der Waals surface area contributed by atoms with Gasteiger partial charge in [-0.25, -0.2) is 0 Å². The summed E-state index contributed by atoms with van der Waals surface area (Å²) in [4.78, 5) is 37.8. The largest absolute Gasteiger partial charge is 0.350 e. The lowest BCUT2D eigenvalue weighted by Gasteiger charge is -2.23. The average Bonchev–Trinajstić information content (AvgIpc) is 2.96. The Bertz CT molecular complexity index is 488. The smallest absolute Gasteiger partial charge is 0.240 e. The molecule has 20 heavy (non-hydrogen) atoms. The third-order valence-corrected chi connectivity index (χ3v) is 4.38. The molecule has 0 spiro atoms. The van der Waals surface area contributed by atoms with E-state index in [-0.39, 0.29) is 53.5 Å². The van der Waals surface area contributed by atoms with Crippen LogP contribution in [-0.2, 0) is 14.4 Å². The fraction of sp³-hybridized carbons (Fsp3) is 0.667. The summed E-state index contributed by atoms with van der Waals surface area (Å²) in [6, 6.07) is 0. The van der Waals surface area contributed by atoms with Gasteiger partial charge in [0.1, 0.15) is 6.54 Å². The minimum atomic E-state index is -0.362. The summed E-state index contributed by atoms with van der Waals surface area (Å²) in [6.07, 6.45) is 5.01. The van der Waals surface area contributed by atoms with Gasteiger partial charge in [-0.3, -0.25) is 19.3 Å². The highest BCUT2D eigenvalue weighted by molar-refractivity contribution is 6.08. The molecule has 2 aliphatic carbocycles. The summed E-state index contributed by atoms with van der Waals surface area (Å²) in [7, 11) is 0. The minimum Gasteiger partial charge on any atom is -0.350 e. The van der Waals surface area contributed by atoms with Gasteiger partial charge in [-0.2, -0.15) is 0 Å². The number of hydrogen-bond donors (Lipinski definition) is 1. The third-order valence-electron chi connectivity index (χ3n) is 4.38. The van der Waals surface area contributed by atoms with E-state index in [0.717, 1.165) is 11.3 Å². The second kappa shape index (κ2) is 4.17. The maximum Gasteiger partial charge on any atom is 0.240 e. The summed E-state index contributed by atoms with van der Waals surface area (Å²) >= 11 is 0. The predicted octanol–water partition coefficient (Wildman–Crippen LogP) is 0.708. The normalized spacial score (nSPS) is 34.9. The lowest BCUT2D eigenvalue weighted by Crippen LogP contribution is -2.47. The van der Waals surface area contributed by atoms with Crippen LogP contribution in [0.5, 0.6) is 0 Å². The number of imide groups is 1. The van der Waals surface area contributed by atoms with Gasteiger partial charge in [0.25, 0.3) is 0 Å². The molecule has 1 aliphatic heterocycles. The molecule has 1 heterocycles. The van der Waals surface area contributed by atoms with E-state index in [4.69, 9.17) is 0 Å². The number of nitrogens with one attached hydrogen (secondary N) is 1. The van der Waals surface area contributed by atoms with Gasteiger partial charge in [0.05, 0.1) is 11.8 Å². The number of likely N-dealkylation sites (tertiary alicyclic amines) is 1. The van der Waals surface area contributed by atoms with Gasteiger partial charge in [0.15, 0.2) is 0 Å². The molecule has 5 heteroatoms. The van der Waals surface area contributed by atoms with Crippen molar-refractivity contribution < 1.29 is 14.4 Å². The zero-order valence-corrected chi connectivity index (χ0v) is 12.1. The number of amides is 3. The van der Waals surface area contributed by atoms with Crippen molar-refractivity contribution in [1.29, 1.82) is 0 Å². The van der Waals surface area contributed by atoms with Crippen LogP contribution in [0, 0.1) is 23.7 Å². The van der Waals surface area contributed by atoms with Crippen molar-refractivity contribution >= 4 is 17.7 Å². The van der Waals surface area contributed by atoms with Crippen molar-refractivity contribution in [1.82, 2.24) is 10.2 Å². The average molecular weight is 276 g/mol. The highest BCUT2D eigenvalue weighted by atomic mass is 16.2. The Morgan fingerprint density at radius 2 is 1.70 bits per heavy atom. The molecule has 2 bridgehead atoms. The standard InChI is InChI=1S/C15H20N2O3/c1-15(2,3)16-10(18)7-17-13(19)11-8-4-5-9(6-8)12(11)14(17)20/h4-5,8-9,11-12H,6-7H2,1-3H3,(H,16,18)/t8-,9-,11-,12-/m0/s1. The van der Waals surface area contributed by atoms with Gasteiger partial charge in [0, 0.05) is 5.54 Å². The van der Waals surface area contributed by atoms with E-state index in [0.29, 0.717) is 0 Å². The lowest BCUT2D eigenvalue weighted by atomic mass is 9.85. The molecule has 1 saturated heterocycles. The van der Waals surface area contributed by atoms with E-state index in [1.807, 2.05) is 20.8 Å². The fourth-order valence-corrected chi connectivity index (χ4v) is 3.72. The summed E-state index contributed by atoms with van der Waals surface area (Å²) in [6.45, 7) is 5.47. The molecular formula is C15H20N2O3. The quantitative estimate of drug-likeness (QED) is 0.596. The molecule has 3 amide bonds. The van der Waals surface area contributed by atoms with Crippen LogP contribution in [0.3, 0.4) is 0 Å². The number of allylic oxidation sites excluding steroid dienone is 2. The topological polar surface area (TPSA) is 66.5 Å². The monoisotopic (exact) mass is 276 g/mol. The highest BCUT2D eigenvalue weighted by Gasteiger charge is 2.59. The van der Waals surface area contributed by atoms with Gasteiger partial charge in [-0.15, -0.1) is 0 Å². The molecule has 0 aromatic carbocycles. The van der Waals surface area contributed by atoms with Crippen molar-refractivity contribution in [2.24, 2.45) is 23.7 Å². The Morgan fingerprint density at radius 3 is 2.15 bits per heavy atom. The molecule has 2 fully saturated rings. The maximum absolute atomic E-state index is 12.4. The molecule has 0 aromatic heterocycles. The first-order valence-corrected chi connectivity index (χ1v) is 7.12. The van der Waals surface area contributed by atoms with Crippen molar-refractivity contribution in [3.63, 3.8) is 0 Å². The van der Waals surface area contributed by atoms with E-state index in [1.54, 1.807) is 0 Å². The Labute approximate surface area is 118 Å². The van der Waals surface area contributed by atoms with Crippen molar-refractivity contribution in [3.05, 3.63) is 12.2 Å². The number of carbonyl (C=O) groups is 3. The Balaban J connectivity index is 1.72. The van der Waals surface area contributed by atoms with Crippen molar-refractivity contribution in [2.45, 2.75) is 32.7 Å². The van der Waals surface area contributed by atoms with Crippen LogP contribution in [0.25, 0.3) is 0 Å². The van der Waals surface area contributed by atoms with Gasteiger partial charge in [-0.05, 0) is 39.0 Å². The molecule has 5 nitrogen and oxygen atoms in total. The van der Waals surface area contributed by atoms with Crippen LogP contribution >= 0.6 is 0 Å². The zero-order chi connectivity index (χ0) is 14.7. The van der Waals surface area contributed by atoms with Gasteiger partial charge in [0.2, 0.25) is 17.7 Å². The molecule has 0 aromatic rings. The van der Waals surface area contributed by atoms with Crippen LogP contribution in [0.1, 0.15) is 27.2 Å². The van der Waals surface area contributed by atoms with Gasteiger partial charge < -0.3 is 5.32 Å². The summed E-state index contributed by atoms with van der Waals surface area (Å²) in [5.41, 5.74) is -0.362. The molecule has 0 unspecified atom stereocenters. The van der Waals surface area contributed by atoms with Gasteiger partial charge in [-0.1, -0.05) is 12.2 Å². The van der Waals surface area contributed by atoms with E-state index >= 15 is 0 Å². The first-order valence-electron chi connectivity index (χ1n) is 7.12. The predicted molar refractivity (Wildman–Crippen MR) is 72.3 cm³/mol. The van der Waals surface area contributed by atoms with Crippen LogP contribution in [0.2, 0.25) is 0 Å². The SMILES string of the molecule is CC(C)(C)NC(=O)CN1C(=O)[C@@H]2[C@@H](C1=O)[C@H]1C=C[C@H]2C1. The molecule has 1 N–H and O–H groups in total. The van der Waals surface area contributed by atoms with Crippen LogP contribution in [-0.4, -0.2) is 34.7 Å². The Hall–Kier alpha value is -1.65. The number of carbonyl (C=O) groups excluding carboxylic acids is 3. The molecule has 0 radical (unpaired) electrons. The third kappa shape index (κ3) is 1.96. The summed E-state index contributed by atoms with van der Waals surface area (Å²) < 4.78 is 0. The fourth-order valence-electron chi connectivity index (χ4n) is 3.72. The molecule has 1 saturated carbocycles. The zero-order valence-electron chi connectivity index (χ0n) is 12.1. The number of hydrogen-bond acceptors (Lipinski definition) is 3. The maximum atomic E-state index is 12.4. The van der Waals surface area contributed by atoms with E-state index in [1.165, 1.54) is 0 Å². The summed E-state index contributed by atoms with van der Waals surface area (Å²) in [5, 5.41) is 2.79. The molecule has 3 rings (SSSR count). The molecule has 108 valence electrons. The van der Waals surface area contributed by atoms with Crippen LogP contribution < -0.4 is 5.32 Å². The number of nitrogens with zero attached hydrogens (tertiary/aromatic N) is 1. The van der Waals surface area contributed by atoms with E-state index in [9.17, 15) is 14.4 Å². The van der Waals surface area contributed by atoms with Crippen LogP contribution in [0.4, 0.5) is 0 Å². The molecule has 3 aliphatic rings. The lowest BCUT2D eigenvalue weighted by molar-refractivity contribution is -0.144. The Morgan fingerprint density at radius 1 is 1.20 bits per heavy atom. The number of rotatable bonds is 2. The van der Waals surface area contributed by atoms with Crippen LogP contribution in [0.15, 0.2) is 12.2 Å². The van der Waals surface area contributed by atoms with Crippen molar-refractivity contribution in [3.8, 4) is 0 Å². The van der Waals surface area contributed by atoms with Crippen molar-refractivity contribution in [2.75, 3.05) is 6.54 Å². The summed E-state index contributed by atoms with van der Waals surface area (Å²) in [5.74, 6) is -0.671. The molecule has 4 atom stereocenters.